The van der Waals surface area contributed by atoms with Crippen LogP contribution in [0.3, 0.4) is 0 Å². The summed E-state index contributed by atoms with van der Waals surface area (Å²) in [7, 11) is 0. The van der Waals surface area contributed by atoms with Gasteiger partial charge in [0.1, 0.15) is 11.5 Å². The molecule has 0 spiro atoms. The first-order valence-electron chi connectivity index (χ1n) is 9.56. The Hall–Kier alpha value is -3.02. The van der Waals surface area contributed by atoms with Crippen LogP contribution in [0.4, 0.5) is 0 Å². The van der Waals surface area contributed by atoms with Gasteiger partial charge in [0.15, 0.2) is 6.61 Å². The van der Waals surface area contributed by atoms with Gasteiger partial charge in [0.2, 0.25) is 5.91 Å². The molecule has 2 aromatic carbocycles. The van der Waals surface area contributed by atoms with Gasteiger partial charge in [-0.25, -0.2) is 0 Å². The Morgan fingerprint density at radius 1 is 0.929 bits per heavy atom. The highest BCUT2D eigenvalue weighted by molar-refractivity contribution is 5.85. The topological polar surface area (TPSA) is 67.9 Å². The van der Waals surface area contributed by atoms with Gasteiger partial charge in [0.25, 0.3) is 5.91 Å². The van der Waals surface area contributed by atoms with E-state index in [-0.39, 0.29) is 25.0 Å². The molecule has 6 heteroatoms. The highest BCUT2D eigenvalue weighted by Gasteiger charge is 2.13. The molecule has 0 unspecified atom stereocenters. The minimum absolute atomic E-state index is 0.0489. The van der Waals surface area contributed by atoms with Crippen molar-refractivity contribution in [3.05, 3.63) is 60.2 Å². The number of ether oxygens (including phenoxy) is 2. The molecule has 0 heterocycles. The van der Waals surface area contributed by atoms with Crippen LogP contribution in [0.15, 0.2) is 54.6 Å². The number of nitrogens with one attached hydrogen (secondary N) is 1. The largest absolute Gasteiger partial charge is 0.494 e. The predicted octanol–water partition coefficient (Wildman–Crippen LogP) is 3.02. The van der Waals surface area contributed by atoms with Gasteiger partial charge in [-0.05, 0) is 43.2 Å². The summed E-state index contributed by atoms with van der Waals surface area (Å²) in [6.07, 6.45) is 0.942. The first-order valence-corrected chi connectivity index (χ1v) is 9.56. The summed E-state index contributed by atoms with van der Waals surface area (Å²) < 4.78 is 10.9. The summed E-state index contributed by atoms with van der Waals surface area (Å²) in [5.74, 6) is 0.875. The van der Waals surface area contributed by atoms with Gasteiger partial charge >= 0.3 is 0 Å². The van der Waals surface area contributed by atoms with Crippen LogP contribution < -0.4 is 14.8 Å². The lowest BCUT2D eigenvalue weighted by molar-refractivity contribution is -0.133. The molecule has 0 aliphatic rings. The van der Waals surface area contributed by atoms with Crippen molar-refractivity contribution in [2.45, 2.75) is 26.8 Å². The van der Waals surface area contributed by atoms with Crippen LogP contribution in [0.2, 0.25) is 0 Å². The van der Waals surface area contributed by atoms with Crippen molar-refractivity contribution in [1.82, 2.24) is 10.2 Å². The number of hydrogen-bond acceptors (Lipinski definition) is 4. The van der Waals surface area contributed by atoms with E-state index >= 15 is 0 Å². The fourth-order valence-corrected chi connectivity index (χ4v) is 2.52. The number of carbonyl (C=O) groups excluding carboxylic acids is 2. The molecular formula is C22H28N2O4. The average molecular weight is 384 g/mol. The Bertz CT molecular complexity index is 732. The Morgan fingerprint density at radius 3 is 2.18 bits per heavy atom. The van der Waals surface area contributed by atoms with E-state index in [9.17, 15) is 9.59 Å². The van der Waals surface area contributed by atoms with Crippen molar-refractivity contribution in [3.8, 4) is 11.5 Å². The molecule has 0 aliphatic heterocycles. The van der Waals surface area contributed by atoms with Crippen LogP contribution in [0.1, 0.15) is 25.8 Å². The predicted molar refractivity (Wildman–Crippen MR) is 108 cm³/mol. The fourth-order valence-electron chi connectivity index (χ4n) is 2.52. The van der Waals surface area contributed by atoms with E-state index in [1.54, 1.807) is 29.2 Å². The van der Waals surface area contributed by atoms with Crippen LogP contribution >= 0.6 is 0 Å². The van der Waals surface area contributed by atoms with Crippen LogP contribution in [-0.4, -0.2) is 43.0 Å². The molecule has 150 valence electrons. The monoisotopic (exact) mass is 384 g/mol. The molecule has 2 amide bonds. The summed E-state index contributed by atoms with van der Waals surface area (Å²) >= 11 is 0. The van der Waals surface area contributed by atoms with E-state index in [4.69, 9.17) is 9.47 Å². The number of benzene rings is 2. The molecule has 28 heavy (non-hydrogen) atoms. The highest BCUT2D eigenvalue weighted by Crippen LogP contribution is 2.17. The molecule has 0 saturated carbocycles. The van der Waals surface area contributed by atoms with Crippen LogP contribution in [0, 0.1) is 0 Å². The highest BCUT2D eigenvalue weighted by atomic mass is 16.5. The van der Waals surface area contributed by atoms with E-state index in [2.05, 4.69) is 5.32 Å². The van der Waals surface area contributed by atoms with Gasteiger partial charge < -0.3 is 19.7 Å². The summed E-state index contributed by atoms with van der Waals surface area (Å²) in [5, 5.41) is 2.61. The number of hydrogen-bond donors (Lipinski definition) is 1. The van der Waals surface area contributed by atoms with Crippen molar-refractivity contribution in [1.29, 1.82) is 0 Å². The number of likely N-dealkylation sites (N-methyl/N-ethyl adjacent to an activating group) is 1. The van der Waals surface area contributed by atoms with Crippen molar-refractivity contribution in [2.24, 2.45) is 0 Å². The van der Waals surface area contributed by atoms with Crippen molar-refractivity contribution in [3.63, 3.8) is 0 Å². The SMILES string of the molecule is CCCOc1ccc(OCC(=O)NCC(=O)N(CC)Cc2ccccc2)cc1. The van der Waals surface area contributed by atoms with Gasteiger partial charge in [-0.15, -0.1) is 0 Å². The zero-order valence-corrected chi connectivity index (χ0v) is 16.5. The Kier molecular flexibility index (Phi) is 8.85. The van der Waals surface area contributed by atoms with E-state index in [1.165, 1.54) is 0 Å². The standard InChI is InChI=1S/C22H28N2O4/c1-3-14-27-19-10-12-20(13-11-19)28-17-21(25)23-15-22(26)24(4-2)16-18-8-6-5-7-9-18/h5-13H,3-4,14-17H2,1-2H3,(H,23,25). The number of nitrogens with zero attached hydrogens (tertiary/aromatic N) is 1. The maximum Gasteiger partial charge on any atom is 0.258 e. The zero-order chi connectivity index (χ0) is 20.2. The second-order valence-electron chi connectivity index (χ2n) is 6.28. The molecule has 0 atom stereocenters. The molecule has 2 rings (SSSR count). The minimum Gasteiger partial charge on any atom is -0.494 e. The van der Waals surface area contributed by atoms with Crippen molar-refractivity contribution >= 4 is 11.8 Å². The third kappa shape index (κ3) is 7.31. The Labute approximate surface area is 166 Å². The smallest absolute Gasteiger partial charge is 0.258 e. The molecule has 6 nitrogen and oxygen atoms in total. The number of amides is 2. The van der Waals surface area contributed by atoms with Gasteiger partial charge in [0.05, 0.1) is 13.2 Å². The molecule has 2 aromatic rings. The van der Waals surface area contributed by atoms with Gasteiger partial charge in [-0.2, -0.15) is 0 Å². The molecule has 0 aromatic heterocycles. The zero-order valence-electron chi connectivity index (χ0n) is 16.5. The van der Waals surface area contributed by atoms with Crippen molar-refractivity contribution in [2.75, 3.05) is 26.3 Å². The Morgan fingerprint density at radius 2 is 1.57 bits per heavy atom. The number of rotatable bonds is 11. The average Bonchev–Trinajstić information content (AvgIpc) is 2.74. The van der Waals surface area contributed by atoms with E-state index in [0.717, 1.165) is 17.7 Å². The lowest BCUT2D eigenvalue weighted by atomic mass is 10.2. The Balaban J connectivity index is 1.72. The molecule has 0 bridgehead atoms. The second-order valence-corrected chi connectivity index (χ2v) is 6.28. The summed E-state index contributed by atoms with van der Waals surface area (Å²) in [6.45, 7) is 5.53. The normalized spacial score (nSPS) is 10.2. The first kappa shape index (κ1) is 21.3. The third-order valence-electron chi connectivity index (χ3n) is 4.05. The van der Waals surface area contributed by atoms with Crippen LogP contribution in [0.5, 0.6) is 11.5 Å². The second kappa shape index (κ2) is 11.6. The lowest BCUT2D eigenvalue weighted by Gasteiger charge is -2.21. The lowest BCUT2D eigenvalue weighted by Crippen LogP contribution is -2.41. The third-order valence-corrected chi connectivity index (χ3v) is 4.05. The minimum atomic E-state index is -0.338. The molecule has 0 saturated heterocycles. The summed E-state index contributed by atoms with van der Waals surface area (Å²) in [6, 6.07) is 16.9. The van der Waals surface area contributed by atoms with Gasteiger partial charge in [0, 0.05) is 13.1 Å². The van der Waals surface area contributed by atoms with Crippen LogP contribution in [0.25, 0.3) is 0 Å². The molecule has 0 aliphatic carbocycles. The van der Waals surface area contributed by atoms with Gasteiger partial charge in [-0.1, -0.05) is 37.3 Å². The summed E-state index contributed by atoms with van der Waals surface area (Å²) in [4.78, 5) is 26.0. The fraction of sp³-hybridized carbons (Fsp3) is 0.364. The van der Waals surface area contributed by atoms with E-state index in [0.29, 0.717) is 25.4 Å². The van der Waals surface area contributed by atoms with E-state index < -0.39 is 0 Å². The van der Waals surface area contributed by atoms with Gasteiger partial charge in [-0.3, -0.25) is 9.59 Å². The quantitative estimate of drug-likeness (QED) is 0.647. The molecular weight excluding hydrogens is 356 g/mol. The maximum absolute atomic E-state index is 12.3. The summed E-state index contributed by atoms with van der Waals surface area (Å²) in [5.41, 5.74) is 1.05. The van der Waals surface area contributed by atoms with Crippen LogP contribution in [-0.2, 0) is 16.1 Å². The van der Waals surface area contributed by atoms with E-state index in [1.807, 2.05) is 44.2 Å². The molecule has 1 N–H and O–H groups in total. The molecule has 0 radical (unpaired) electrons. The van der Waals surface area contributed by atoms with Crippen molar-refractivity contribution < 1.29 is 19.1 Å². The number of carbonyl (C=O) groups is 2. The molecule has 0 fully saturated rings. The first-order chi connectivity index (χ1) is 13.6. The maximum atomic E-state index is 12.3.